The minimum Gasteiger partial charge on any atom is -0.376 e. The lowest BCUT2D eigenvalue weighted by atomic mass is 10.2. The number of rotatable bonds is 6. The smallest absolute Gasteiger partial charge is 0.244 e. The molecule has 1 unspecified atom stereocenters. The number of hydrogen-bond donors (Lipinski definition) is 1. The standard InChI is InChI=1S/C20H28N2O4S/c23-20(21-16-18-6-5-15-26-18)12-9-17-7-10-19(11-8-17)27(24,25)22-13-3-1-2-4-14-22/h7-12,18H,1-6,13-16H2,(H,21,23)/b12-9+. The highest BCUT2D eigenvalue weighted by atomic mass is 32.2. The van der Waals surface area contributed by atoms with Crippen LogP contribution in [0, 0.1) is 0 Å². The lowest BCUT2D eigenvalue weighted by molar-refractivity contribution is -0.116. The first-order valence-corrected chi connectivity index (χ1v) is 11.2. The highest BCUT2D eigenvalue weighted by Gasteiger charge is 2.24. The minimum absolute atomic E-state index is 0.117. The summed E-state index contributed by atoms with van der Waals surface area (Å²) in [6.07, 6.45) is 9.31. The Labute approximate surface area is 161 Å². The van der Waals surface area contributed by atoms with Crippen LogP contribution >= 0.6 is 0 Å². The number of sulfonamides is 1. The van der Waals surface area contributed by atoms with E-state index in [0.29, 0.717) is 24.5 Å². The molecule has 7 heteroatoms. The average molecular weight is 393 g/mol. The molecule has 2 heterocycles. The van der Waals surface area contributed by atoms with Crippen LogP contribution in [0.2, 0.25) is 0 Å². The lowest BCUT2D eigenvalue weighted by Crippen LogP contribution is -2.31. The van der Waals surface area contributed by atoms with Gasteiger partial charge in [-0.25, -0.2) is 8.42 Å². The molecule has 0 aliphatic carbocycles. The average Bonchev–Trinajstić information content (AvgIpc) is 3.04. The molecule has 2 saturated heterocycles. The third kappa shape index (κ3) is 5.64. The number of ether oxygens (including phenoxy) is 1. The summed E-state index contributed by atoms with van der Waals surface area (Å²) in [6, 6.07) is 6.69. The van der Waals surface area contributed by atoms with E-state index < -0.39 is 10.0 Å². The summed E-state index contributed by atoms with van der Waals surface area (Å²) < 4.78 is 32.6. The van der Waals surface area contributed by atoms with E-state index in [0.717, 1.165) is 50.7 Å². The van der Waals surface area contributed by atoms with Gasteiger partial charge in [0, 0.05) is 32.3 Å². The Morgan fingerprint density at radius 2 is 1.81 bits per heavy atom. The second-order valence-corrected chi connectivity index (χ2v) is 9.04. The number of hydrogen-bond acceptors (Lipinski definition) is 4. The zero-order valence-electron chi connectivity index (χ0n) is 15.6. The Balaban J connectivity index is 1.56. The van der Waals surface area contributed by atoms with Crippen LogP contribution in [0.4, 0.5) is 0 Å². The van der Waals surface area contributed by atoms with Crippen LogP contribution in [0.25, 0.3) is 6.08 Å². The van der Waals surface area contributed by atoms with Gasteiger partial charge in [0.2, 0.25) is 15.9 Å². The molecule has 27 heavy (non-hydrogen) atoms. The number of nitrogens with zero attached hydrogens (tertiary/aromatic N) is 1. The summed E-state index contributed by atoms with van der Waals surface area (Å²) in [7, 11) is -3.44. The van der Waals surface area contributed by atoms with Gasteiger partial charge in [0.1, 0.15) is 0 Å². The molecule has 0 spiro atoms. The number of nitrogens with one attached hydrogen (secondary N) is 1. The van der Waals surface area contributed by atoms with Crippen LogP contribution < -0.4 is 5.32 Å². The van der Waals surface area contributed by atoms with E-state index in [9.17, 15) is 13.2 Å². The van der Waals surface area contributed by atoms with Crippen molar-refractivity contribution in [2.24, 2.45) is 0 Å². The van der Waals surface area contributed by atoms with Gasteiger partial charge >= 0.3 is 0 Å². The molecule has 1 aromatic rings. The van der Waals surface area contributed by atoms with Crippen LogP contribution in [0.1, 0.15) is 44.1 Å². The molecule has 3 rings (SSSR count). The molecule has 2 aliphatic heterocycles. The van der Waals surface area contributed by atoms with Crippen LogP contribution in [-0.4, -0.2) is 51.0 Å². The molecule has 0 bridgehead atoms. The Bertz CT molecular complexity index is 745. The zero-order chi connectivity index (χ0) is 19.1. The normalized spacial score (nSPS) is 22.0. The van der Waals surface area contributed by atoms with E-state index in [2.05, 4.69) is 5.32 Å². The van der Waals surface area contributed by atoms with E-state index in [1.165, 1.54) is 6.08 Å². The molecule has 6 nitrogen and oxygen atoms in total. The van der Waals surface area contributed by atoms with Crippen molar-refractivity contribution >= 4 is 22.0 Å². The maximum atomic E-state index is 12.8. The first-order chi connectivity index (χ1) is 13.1. The summed E-state index contributed by atoms with van der Waals surface area (Å²) in [6.45, 7) is 2.48. The van der Waals surface area contributed by atoms with Crippen LogP contribution in [0.15, 0.2) is 35.2 Å². The van der Waals surface area contributed by atoms with Crippen LogP contribution in [0.5, 0.6) is 0 Å². The minimum atomic E-state index is -3.44. The van der Waals surface area contributed by atoms with Gasteiger partial charge in [-0.2, -0.15) is 4.31 Å². The first kappa shape index (κ1) is 20.0. The molecule has 2 aliphatic rings. The largest absolute Gasteiger partial charge is 0.376 e. The summed E-state index contributed by atoms with van der Waals surface area (Å²) in [5.74, 6) is -0.174. The molecule has 1 atom stereocenters. The molecule has 1 aromatic carbocycles. The van der Waals surface area contributed by atoms with Crippen molar-refractivity contribution in [2.75, 3.05) is 26.2 Å². The van der Waals surface area contributed by atoms with Crippen molar-refractivity contribution in [2.45, 2.75) is 49.5 Å². The number of carbonyl (C=O) groups excluding carboxylic acids is 1. The maximum absolute atomic E-state index is 12.8. The fourth-order valence-electron chi connectivity index (χ4n) is 3.43. The van der Waals surface area contributed by atoms with Crippen molar-refractivity contribution < 1.29 is 17.9 Å². The van der Waals surface area contributed by atoms with Gasteiger partial charge in [-0.15, -0.1) is 0 Å². The van der Waals surface area contributed by atoms with Crippen LogP contribution in [-0.2, 0) is 19.6 Å². The first-order valence-electron chi connectivity index (χ1n) is 9.73. The molecule has 1 amide bonds. The van der Waals surface area contributed by atoms with Crippen molar-refractivity contribution in [1.82, 2.24) is 9.62 Å². The Morgan fingerprint density at radius 1 is 1.11 bits per heavy atom. The lowest BCUT2D eigenvalue weighted by Gasteiger charge is -2.19. The number of carbonyl (C=O) groups is 1. The zero-order valence-corrected chi connectivity index (χ0v) is 16.4. The highest BCUT2D eigenvalue weighted by Crippen LogP contribution is 2.21. The second-order valence-electron chi connectivity index (χ2n) is 7.10. The van der Waals surface area contributed by atoms with Crippen molar-refractivity contribution in [1.29, 1.82) is 0 Å². The Kier molecular flexibility index (Phi) is 7.04. The van der Waals surface area contributed by atoms with Crippen molar-refractivity contribution in [3.63, 3.8) is 0 Å². The summed E-state index contributed by atoms with van der Waals surface area (Å²) in [5, 5.41) is 2.83. The highest BCUT2D eigenvalue weighted by molar-refractivity contribution is 7.89. The van der Waals surface area contributed by atoms with Gasteiger partial charge in [0.05, 0.1) is 11.0 Å². The van der Waals surface area contributed by atoms with Gasteiger partial charge in [-0.1, -0.05) is 25.0 Å². The van der Waals surface area contributed by atoms with E-state index in [1.54, 1.807) is 34.6 Å². The molecule has 2 fully saturated rings. The quantitative estimate of drug-likeness (QED) is 0.755. The van der Waals surface area contributed by atoms with Crippen molar-refractivity contribution in [3.05, 3.63) is 35.9 Å². The molecule has 1 N–H and O–H groups in total. The molecular formula is C20H28N2O4S. The topological polar surface area (TPSA) is 75.7 Å². The van der Waals surface area contributed by atoms with Crippen LogP contribution in [0.3, 0.4) is 0 Å². The fraction of sp³-hybridized carbons (Fsp3) is 0.550. The second kappa shape index (κ2) is 9.48. The molecular weight excluding hydrogens is 364 g/mol. The Hall–Kier alpha value is -1.70. The maximum Gasteiger partial charge on any atom is 0.244 e. The number of benzene rings is 1. The van der Waals surface area contributed by atoms with E-state index in [4.69, 9.17) is 4.74 Å². The third-order valence-corrected chi connectivity index (χ3v) is 6.95. The predicted octanol–water partition coefficient (Wildman–Crippen LogP) is 2.56. The van der Waals surface area contributed by atoms with Gasteiger partial charge < -0.3 is 10.1 Å². The summed E-state index contributed by atoms with van der Waals surface area (Å²) in [5.41, 5.74) is 0.789. The predicted molar refractivity (Wildman–Crippen MR) is 105 cm³/mol. The molecule has 148 valence electrons. The van der Waals surface area contributed by atoms with Crippen molar-refractivity contribution in [3.8, 4) is 0 Å². The monoisotopic (exact) mass is 392 g/mol. The molecule has 0 aromatic heterocycles. The van der Waals surface area contributed by atoms with E-state index in [-0.39, 0.29) is 12.0 Å². The molecule has 0 saturated carbocycles. The van der Waals surface area contributed by atoms with Gasteiger partial charge in [-0.05, 0) is 49.5 Å². The SMILES string of the molecule is O=C(/C=C/c1ccc(S(=O)(=O)N2CCCCCC2)cc1)NCC1CCCO1. The summed E-state index contributed by atoms with van der Waals surface area (Å²) >= 11 is 0. The summed E-state index contributed by atoms with van der Waals surface area (Å²) in [4.78, 5) is 12.2. The number of amides is 1. The van der Waals surface area contributed by atoms with Gasteiger partial charge in [0.25, 0.3) is 0 Å². The van der Waals surface area contributed by atoms with E-state index in [1.807, 2.05) is 0 Å². The van der Waals surface area contributed by atoms with E-state index >= 15 is 0 Å². The van der Waals surface area contributed by atoms with Gasteiger partial charge in [0.15, 0.2) is 0 Å². The molecule has 0 radical (unpaired) electrons. The fourth-order valence-corrected chi connectivity index (χ4v) is 4.95. The Morgan fingerprint density at radius 3 is 2.44 bits per heavy atom. The van der Waals surface area contributed by atoms with Gasteiger partial charge in [-0.3, -0.25) is 4.79 Å². The third-order valence-electron chi connectivity index (χ3n) is 5.04.